The van der Waals surface area contributed by atoms with Crippen molar-refractivity contribution in [3.8, 4) is 0 Å². The van der Waals surface area contributed by atoms with Gasteiger partial charge in [-0.05, 0) is 18.9 Å². The number of ether oxygens (including phenoxy) is 1. The number of hydrogen-bond donors (Lipinski definition) is 1. The van der Waals surface area contributed by atoms with Crippen molar-refractivity contribution in [2.24, 2.45) is 0 Å². The molecule has 1 N–H and O–H groups in total. The molecule has 110 valence electrons. The summed E-state index contributed by atoms with van der Waals surface area (Å²) in [6, 6.07) is 9.11. The summed E-state index contributed by atoms with van der Waals surface area (Å²) in [5.41, 5.74) is 0.885. The third kappa shape index (κ3) is 4.97. The van der Waals surface area contributed by atoms with Gasteiger partial charge in [0.15, 0.2) is 0 Å². The summed E-state index contributed by atoms with van der Waals surface area (Å²) in [6.07, 6.45) is 0.258. The van der Waals surface area contributed by atoms with Crippen LogP contribution in [0, 0.1) is 10.1 Å². The van der Waals surface area contributed by atoms with Crippen LogP contribution in [0.25, 0.3) is 0 Å². The second-order valence-electron chi connectivity index (χ2n) is 4.59. The molecule has 0 saturated heterocycles. The van der Waals surface area contributed by atoms with Crippen molar-refractivity contribution in [2.75, 3.05) is 6.54 Å². The van der Waals surface area contributed by atoms with Gasteiger partial charge in [-0.1, -0.05) is 37.3 Å². The Hall–Kier alpha value is -1.95. The summed E-state index contributed by atoms with van der Waals surface area (Å²) in [6.45, 7) is 3.41. The third-order valence-electron chi connectivity index (χ3n) is 3.06. The van der Waals surface area contributed by atoms with Gasteiger partial charge in [-0.3, -0.25) is 14.9 Å². The molecule has 1 amide bonds. The number of nitrogens with zero attached hydrogens (tertiary/aromatic N) is 1. The van der Waals surface area contributed by atoms with Crippen molar-refractivity contribution in [3.05, 3.63) is 46.0 Å². The van der Waals surface area contributed by atoms with E-state index >= 15 is 0 Å². The first-order valence-corrected chi connectivity index (χ1v) is 6.60. The van der Waals surface area contributed by atoms with E-state index in [1.165, 1.54) is 0 Å². The van der Waals surface area contributed by atoms with Crippen LogP contribution in [-0.2, 0) is 9.53 Å². The van der Waals surface area contributed by atoms with Crippen molar-refractivity contribution in [1.29, 1.82) is 0 Å². The molecule has 0 fully saturated rings. The topological polar surface area (TPSA) is 81.5 Å². The molecule has 0 radical (unpaired) electrons. The Morgan fingerprint density at radius 2 is 2.05 bits per heavy atom. The lowest BCUT2D eigenvalue weighted by atomic mass is 10.0. The Morgan fingerprint density at radius 3 is 2.55 bits per heavy atom. The molecule has 0 spiro atoms. The molecule has 1 rings (SSSR count). The van der Waals surface area contributed by atoms with Crippen LogP contribution in [0.4, 0.5) is 0 Å². The monoisotopic (exact) mass is 280 g/mol. The van der Waals surface area contributed by atoms with Gasteiger partial charge in [0.05, 0.1) is 6.04 Å². The highest BCUT2D eigenvalue weighted by Crippen LogP contribution is 2.23. The lowest BCUT2D eigenvalue weighted by Crippen LogP contribution is -2.36. The second-order valence-corrected chi connectivity index (χ2v) is 4.59. The smallest absolute Gasteiger partial charge is 0.229 e. The summed E-state index contributed by atoms with van der Waals surface area (Å²) in [5, 5.41) is 13.3. The van der Waals surface area contributed by atoms with Crippen molar-refractivity contribution in [2.45, 2.75) is 38.5 Å². The standard InChI is InChI=1S/C14H20N2O4/c1-3-13(9-16(18)19)20-14(11(2)15-10-17)12-7-5-4-6-8-12/h4-8,10-11,13-14H,3,9H2,1-2H3,(H,15,17)/t11-,13+,14-/m0/s1. The zero-order valence-corrected chi connectivity index (χ0v) is 11.7. The Bertz CT molecular complexity index is 424. The van der Waals surface area contributed by atoms with Gasteiger partial charge in [0.25, 0.3) is 0 Å². The predicted octanol–water partition coefficient (Wildman–Crippen LogP) is 1.93. The van der Waals surface area contributed by atoms with E-state index in [1.54, 1.807) is 0 Å². The minimum atomic E-state index is -0.480. The van der Waals surface area contributed by atoms with Gasteiger partial charge in [-0.2, -0.15) is 0 Å². The maximum Gasteiger partial charge on any atom is 0.229 e. The van der Waals surface area contributed by atoms with Crippen LogP contribution in [0.1, 0.15) is 31.9 Å². The van der Waals surface area contributed by atoms with Crippen LogP contribution >= 0.6 is 0 Å². The summed E-state index contributed by atoms with van der Waals surface area (Å²) < 4.78 is 5.85. The van der Waals surface area contributed by atoms with Crippen LogP contribution in [0.2, 0.25) is 0 Å². The summed E-state index contributed by atoms with van der Waals surface area (Å²) >= 11 is 0. The number of carbonyl (C=O) groups excluding carboxylic acids is 1. The molecule has 6 heteroatoms. The van der Waals surface area contributed by atoms with E-state index in [0.717, 1.165) is 5.56 Å². The highest BCUT2D eigenvalue weighted by atomic mass is 16.6. The summed E-state index contributed by atoms with van der Waals surface area (Å²) in [5.74, 6) is 0. The molecule has 0 unspecified atom stereocenters. The minimum absolute atomic E-state index is 0.242. The van der Waals surface area contributed by atoms with E-state index in [-0.39, 0.29) is 17.5 Å². The first-order valence-electron chi connectivity index (χ1n) is 6.60. The van der Waals surface area contributed by atoms with E-state index in [2.05, 4.69) is 5.32 Å². The molecule has 20 heavy (non-hydrogen) atoms. The van der Waals surface area contributed by atoms with Crippen molar-refractivity contribution >= 4 is 6.41 Å². The molecular formula is C14H20N2O4. The Kier molecular flexibility index (Phi) is 6.66. The number of rotatable bonds is 9. The lowest BCUT2D eigenvalue weighted by Gasteiger charge is -2.27. The van der Waals surface area contributed by atoms with Crippen molar-refractivity contribution < 1.29 is 14.5 Å². The summed E-state index contributed by atoms with van der Waals surface area (Å²) in [4.78, 5) is 20.9. The highest BCUT2D eigenvalue weighted by molar-refractivity contribution is 5.47. The molecule has 0 aliphatic heterocycles. The maximum atomic E-state index is 10.6. The van der Waals surface area contributed by atoms with Crippen molar-refractivity contribution in [3.63, 3.8) is 0 Å². The molecule has 0 aliphatic carbocycles. The van der Waals surface area contributed by atoms with Gasteiger partial charge < -0.3 is 10.1 Å². The van der Waals surface area contributed by atoms with Gasteiger partial charge in [-0.25, -0.2) is 0 Å². The molecule has 0 aromatic heterocycles. The van der Waals surface area contributed by atoms with E-state index in [4.69, 9.17) is 4.74 Å². The lowest BCUT2D eigenvalue weighted by molar-refractivity contribution is -0.492. The zero-order chi connectivity index (χ0) is 15.0. The largest absolute Gasteiger partial charge is 0.361 e. The fourth-order valence-electron chi connectivity index (χ4n) is 1.96. The van der Waals surface area contributed by atoms with Crippen LogP contribution in [0.15, 0.2) is 30.3 Å². The van der Waals surface area contributed by atoms with Crippen LogP contribution in [0.3, 0.4) is 0 Å². The fourth-order valence-corrected chi connectivity index (χ4v) is 1.96. The molecule has 3 atom stereocenters. The summed E-state index contributed by atoms with van der Waals surface area (Å²) in [7, 11) is 0. The first kappa shape index (κ1) is 16.1. The van der Waals surface area contributed by atoms with E-state index in [0.29, 0.717) is 12.8 Å². The molecule has 0 saturated carbocycles. The first-order chi connectivity index (χ1) is 9.58. The van der Waals surface area contributed by atoms with E-state index in [1.807, 2.05) is 44.2 Å². The normalized spacial score (nSPS) is 15.1. The average Bonchev–Trinajstić information content (AvgIpc) is 2.44. The average molecular weight is 280 g/mol. The third-order valence-corrected chi connectivity index (χ3v) is 3.06. The number of nitro groups is 1. The number of nitrogens with one attached hydrogen (secondary N) is 1. The number of hydrogen-bond acceptors (Lipinski definition) is 4. The Balaban J connectivity index is 2.87. The predicted molar refractivity (Wildman–Crippen MR) is 74.9 cm³/mol. The molecule has 6 nitrogen and oxygen atoms in total. The van der Waals surface area contributed by atoms with Crippen molar-refractivity contribution in [1.82, 2.24) is 5.32 Å². The molecule has 0 heterocycles. The zero-order valence-electron chi connectivity index (χ0n) is 11.7. The van der Waals surface area contributed by atoms with Crippen LogP contribution in [0.5, 0.6) is 0 Å². The fraction of sp³-hybridized carbons (Fsp3) is 0.500. The number of benzene rings is 1. The van der Waals surface area contributed by atoms with Gasteiger partial charge in [-0.15, -0.1) is 0 Å². The number of carbonyl (C=O) groups is 1. The highest BCUT2D eigenvalue weighted by Gasteiger charge is 2.25. The quantitative estimate of drug-likeness (QED) is 0.426. The van der Waals surface area contributed by atoms with Gasteiger partial charge in [0, 0.05) is 4.92 Å². The number of amides is 1. The molecule has 0 bridgehead atoms. The van der Waals surface area contributed by atoms with E-state index in [9.17, 15) is 14.9 Å². The molecule has 0 aliphatic rings. The second kappa shape index (κ2) is 8.27. The van der Waals surface area contributed by atoms with Gasteiger partial charge in [0.1, 0.15) is 12.2 Å². The van der Waals surface area contributed by atoms with E-state index < -0.39 is 12.2 Å². The van der Waals surface area contributed by atoms with Crippen LogP contribution in [-0.4, -0.2) is 30.0 Å². The Labute approximate surface area is 118 Å². The SMILES string of the molecule is CC[C@H](C[N+](=O)[O-])O[C@H](c1ccccc1)[C@H](C)NC=O. The molecule has 1 aromatic rings. The Morgan fingerprint density at radius 1 is 1.40 bits per heavy atom. The van der Waals surface area contributed by atoms with Gasteiger partial charge in [0.2, 0.25) is 13.0 Å². The molecule has 1 aromatic carbocycles. The minimum Gasteiger partial charge on any atom is -0.361 e. The molecular weight excluding hydrogens is 260 g/mol. The maximum absolute atomic E-state index is 10.6. The van der Waals surface area contributed by atoms with Gasteiger partial charge >= 0.3 is 0 Å². The van der Waals surface area contributed by atoms with Crippen LogP contribution < -0.4 is 5.32 Å².